The minimum atomic E-state index is -1.57. The third-order valence-corrected chi connectivity index (χ3v) is 13.6. The Morgan fingerprint density at radius 3 is 1.33 bits per heavy atom. The number of aliphatic hydroxyl groups excluding tert-OH is 5. The number of ether oxygens (including phenoxy) is 2. The molecule has 9 nitrogen and oxygen atoms in total. The van der Waals surface area contributed by atoms with Crippen LogP contribution in [0.15, 0.2) is 60.8 Å². The summed E-state index contributed by atoms with van der Waals surface area (Å²) in [5.41, 5.74) is 0. The van der Waals surface area contributed by atoms with Crippen molar-refractivity contribution in [2.75, 3.05) is 13.2 Å². The normalized spacial score (nSPS) is 19.9. The number of carbonyl (C=O) groups excluding carboxylic acids is 1. The Kier molecular flexibility index (Phi) is 46.5. The zero-order valence-electron chi connectivity index (χ0n) is 44.6. The number of unbranched alkanes of at least 4 members (excludes halogenated alkanes) is 31. The van der Waals surface area contributed by atoms with Gasteiger partial charge in [0.2, 0.25) is 5.91 Å². The average molecular weight is 973 g/mol. The van der Waals surface area contributed by atoms with Crippen molar-refractivity contribution in [3.8, 4) is 0 Å². The van der Waals surface area contributed by atoms with Gasteiger partial charge in [-0.05, 0) is 57.8 Å². The molecule has 1 fully saturated rings. The summed E-state index contributed by atoms with van der Waals surface area (Å²) in [4.78, 5) is 13.1. The van der Waals surface area contributed by atoms with Crippen molar-refractivity contribution in [2.24, 2.45) is 0 Å². The Hall–Kier alpha value is -2.11. The van der Waals surface area contributed by atoms with E-state index in [2.05, 4.69) is 67.8 Å². The first-order chi connectivity index (χ1) is 33.8. The predicted octanol–water partition coefficient (Wildman–Crippen LogP) is 14.3. The van der Waals surface area contributed by atoms with Gasteiger partial charge in [0.1, 0.15) is 24.4 Å². The van der Waals surface area contributed by atoms with Crippen LogP contribution in [0.4, 0.5) is 0 Å². The topological polar surface area (TPSA) is 149 Å². The summed E-state index contributed by atoms with van der Waals surface area (Å²) in [6, 6.07) is -0.807. The number of allylic oxidation sites excluding steroid dienone is 9. The van der Waals surface area contributed by atoms with Crippen LogP contribution in [-0.2, 0) is 14.3 Å². The van der Waals surface area contributed by atoms with Crippen molar-refractivity contribution in [1.82, 2.24) is 5.32 Å². The van der Waals surface area contributed by atoms with Crippen molar-refractivity contribution in [3.63, 3.8) is 0 Å². The van der Waals surface area contributed by atoms with E-state index in [0.29, 0.717) is 6.42 Å². The number of carbonyl (C=O) groups is 1. The first-order valence-corrected chi connectivity index (χ1v) is 29.0. The van der Waals surface area contributed by atoms with Gasteiger partial charge in [0.25, 0.3) is 0 Å². The Bertz CT molecular complexity index is 1270. The van der Waals surface area contributed by atoms with E-state index in [1.54, 1.807) is 6.08 Å². The Morgan fingerprint density at radius 2 is 0.899 bits per heavy atom. The number of amides is 1. The van der Waals surface area contributed by atoms with Crippen LogP contribution in [0.1, 0.15) is 258 Å². The molecule has 0 spiro atoms. The molecule has 6 N–H and O–H groups in total. The van der Waals surface area contributed by atoms with E-state index in [1.807, 2.05) is 6.08 Å². The second-order valence-electron chi connectivity index (χ2n) is 20.1. The van der Waals surface area contributed by atoms with Crippen LogP contribution in [0.5, 0.6) is 0 Å². The van der Waals surface area contributed by atoms with Crippen LogP contribution in [0, 0.1) is 0 Å². The first kappa shape index (κ1) is 64.9. The van der Waals surface area contributed by atoms with Gasteiger partial charge in [-0.25, -0.2) is 0 Å². The van der Waals surface area contributed by atoms with Crippen molar-refractivity contribution >= 4 is 5.91 Å². The Labute approximate surface area is 424 Å². The van der Waals surface area contributed by atoms with Crippen molar-refractivity contribution in [3.05, 3.63) is 60.8 Å². The van der Waals surface area contributed by atoms with Gasteiger partial charge in [0.05, 0.1) is 25.4 Å². The maximum Gasteiger partial charge on any atom is 0.220 e. The molecule has 0 aromatic carbocycles. The second-order valence-corrected chi connectivity index (χ2v) is 20.1. The van der Waals surface area contributed by atoms with E-state index in [-0.39, 0.29) is 12.5 Å². The molecule has 0 aromatic rings. The first-order valence-electron chi connectivity index (χ1n) is 29.0. The molecule has 0 saturated carbocycles. The van der Waals surface area contributed by atoms with Crippen LogP contribution < -0.4 is 5.32 Å². The highest BCUT2D eigenvalue weighted by Crippen LogP contribution is 2.23. The zero-order valence-corrected chi connectivity index (χ0v) is 44.6. The number of hydrogen-bond donors (Lipinski definition) is 6. The van der Waals surface area contributed by atoms with Crippen molar-refractivity contribution in [2.45, 2.75) is 301 Å². The lowest BCUT2D eigenvalue weighted by molar-refractivity contribution is -0.302. The van der Waals surface area contributed by atoms with Crippen LogP contribution in [0.2, 0.25) is 0 Å². The predicted molar refractivity (Wildman–Crippen MR) is 290 cm³/mol. The molecule has 0 bridgehead atoms. The lowest BCUT2D eigenvalue weighted by Crippen LogP contribution is -2.60. The Balaban J connectivity index is 2.21. The van der Waals surface area contributed by atoms with Gasteiger partial charge < -0.3 is 40.3 Å². The van der Waals surface area contributed by atoms with Gasteiger partial charge in [-0.2, -0.15) is 0 Å². The van der Waals surface area contributed by atoms with E-state index >= 15 is 0 Å². The molecule has 69 heavy (non-hydrogen) atoms. The third kappa shape index (κ3) is 39.1. The average Bonchev–Trinajstić information content (AvgIpc) is 3.35. The van der Waals surface area contributed by atoms with E-state index < -0.39 is 49.5 Å². The van der Waals surface area contributed by atoms with Crippen LogP contribution in [0.3, 0.4) is 0 Å². The molecule has 1 aliphatic rings. The molecule has 0 aliphatic carbocycles. The monoisotopic (exact) mass is 972 g/mol. The lowest BCUT2D eigenvalue weighted by atomic mass is 9.99. The summed E-state index contributed by atoms with van der Waals surface area (Å²) in [6.45, 7) is 3.69. The van der Waals surface area contributed by atoms with E-state index in [0.717, 1.165) is 64.2 Å². The van der Waals surface area contributed by atoms with E-state index in [1.165, 1.54) is 173 Å². The number of aliphatic hydroxyl groups is 5. The molecule has 7 unspecified atom stereocenters. The fourth-order valence-electron chi connectivity index (χ4n) is 9.03. The minimum Gasteiger partial charge on any atom is -0.394 e. The maximum absolute atomic E-state index is 13.1. The maximum atomic E-state index is 13.1. The van der Waals surface area contributed by atoms with Crippen LogP contribution in [-0.4, -0.2) is 87.5 Å². The molecule has 1 aliphatic heterocycles. The van der Waals surface area contributed by atoms with Gasteiger partial charge in [-0.3, -0.25) is 4.79 Å². The second kappa shape index (κ2) is 49.5. The summed E-state index contributed by atoms with van der Waals surface area (Å²) < 4.78 is 11.3. The quantitative estimate of drug-likeness (QED) is 0.0261. The summed E-state index contributed by atoms with van der Waals surface area (Å²) in [7, 11) is 0. The van der Waals surface area contributed by atoms with Crippen LogP contribution >= 0.6 is 0 Å². The highest BCUT2D eigenvalue weighted by Gasteiger charge is 2.44. The highest BCUT2D eigenvalue weighted by atomic mass is 16.7. The summed E-state index contributed by atoms with van der Waals surface area (Å²) >= 11 is 0. The summed E-state index contributed by atoms with van der Waals surface area (Å²) in [5, 5.41) is 54.5. The lowest BCUT2D eigenvalue weighted by Gasteiger charge is -2.40. The molecule has 1 saturated heterocycles. The molecule has 1 rings (SSSR count). The summed E-state index contributed by atoms with van der Waals surface area (Å²) in [6.07, 6.45) is 59.9. The van der Waals surface area contributed by atoms with Crippen molar-refractivity contribution in [1.29, 1.82) is 0 Å². The molecule has 9 heteroatoms. The highest BCUT2D eigenvalue weighted by molar-refractivity contribution is 5.76. The van der Waals surface area contributed by atoms with Gasteiger partial charge >= 0.3 is 0 Å². The smallest absolute Gasteiger partial charge is 0.220 e. The molecule has 0 aromatic heterocycles. The van der Waals surface area contributed by atoms with Gasteiger partial charge in [-0.15, -0.1) is 0 Å². The fraction of sp³-hybridized carbons (Fsp3) is 0.817. The number of hydrogen-bond acceptors (Lipinski definition) is 8. The largest absolute Gasteiger partial charge is 0.394 e. The number of nitrogens with one attached hydrogen (secondary N) is 1. The zero-order chi connectivity index (χ0) is 50.1. The molecular formula is C60H109NO8. The molecule has 1 heterocycles. The van der Waals surface area contributed by atoms with E-state index in [4.69, 9.17) is 9.47 Å². The third-order valence-electron chi connectivity index (χ3n) is 13.6. The summed E-state index contributed by atoms with van der Waals surface area (Å²) in [5.74, 6) is -0.177. The minimum absolute atomic E-state index is 0.177. The van der Waals surface area contributed by atoms with E-state index in [9.17, 15) is 30.3 Å². The molecule has 402 valence electrons. The molecule has 0 radical (unpaired) electrons. The Morgan fingerprint density at radius 1 is 0.507 bits per heavy atom. The van der Waals surface area contributed by atoms with Gasteiger partial charge in [0.15, 0.2) is 6.29 Å². The van der Waals surface area contributed by atoms with Gasteiger partial charge in [-0.1, -0.05) is 254 Å². The molecule has 7 atom stereocenters. The number of rotatable bonds is 49. The molecular weight excluding hydrogens is 863 g/mol. The van der Waals surface area contributed by atoms with Crippen molar-refractivity contribution < 1.29 is 39.8 Å². The standard InChI is InChI=1S/C60H109NO8/c1-3-5-7-9-11-13-15-17-19-21-23-24-25-26-27-28-29-30-32-34-36-38-40-42-44-46-48-50-56(64)61-53(52-68-60-59(67)58(66)57(65)55(51-62)69-60)54(63)49-47-45-43-41-39-37-35-33-31-22-20-18-16-14-12-10-8-6-4-2/h5,7,11,13,17,19,23-24,47,49,53-55,57-60,62-63,65-67H,3-4,6,8-10,12,14-16,18,20-22,25-46,48,50-52H2,1-2H3,(H,61,64)/b7-5-,13-11-,19-17-,24-23-,49-47+. The van der Waals surface area contributed by atoms with Crippen LogP contribution in [0.25, 0.3) is 0 Å². The fourth-order valence-corrected chi connectivity index (χ4v) is 9.03. The van der Waals surface area contributed by atoms with Gasteiger partial charge in [0, 0.05) is 6.42 Å². The SMILES string of the molecule is CC/C=C\C/C=C\C/C=C\C/C=C\CCCCCCCCCCCCCCCCC(=O)NC(COC1OC(CO)C(O)C(O)C1O)C(O)/C=C/CCCCCCCCCCCCCCCCCCC. The molecule has 1 amide bonds.